The van der Waals surface area contributed by atoms with Gasteiger partial charge in [-0.05, 0) is 58.8 Å². The van der Waals surface area contributed by atoms with Crippen LogP contribution in [-0.2, 0) is 4.79 Å². The first-order valence-electron chi connectivity index (χ1n) is 10.9. The van der Waals surface area contributed by atoms with Crippen LogP contribution in [0.5, 0.6) is 0 Å². The predicted molar refractivity (Wildman–Crippen MR) is 138 cm³/mol. The molecule has 0 heterocycles. The maximum atomic E-state index is 13.8. The van der Waals surface area contributed by atoms with Gasteiger partial charge in [0.1, 0.15) is 11.9 Å². The zero-order valence-electron chi connectivity index (χ0n) is 19.1. The molecule has 0 amide bonds. The van der Waals surface area contributed by atoms with Gasteiger partial charge in [-0.2, -0.15) is 0 Å². The average Bonchev–Trinajstić information content (AvgIpc) is 2.84. The molecule has 1 aliphatic rings. The molecule has 5 nitrogen and oxygen atoms in total. The molecule has 2 aromatic carbocycles. The largest absolute Gasteiger partial charge is 0.478 e. The highest BCUT2D eigenvalue weighted by Gasteiger charge is 2.20. The molecule has 35 heavy (non-hydrogen) atoms. The van der Waals surface area contributed by atoms with Gasteiger partial charge >= 0.3 is 5.97 Å². The molecule has 0 spiro atoms. The van der Waals surface area contributed by atoms with Crippen LogP contribution in [0.4, 0.5) is 4.39 Å². The van der Waals surface area contributed by atoms with Gasteiger partial charge < -0.3 is 15.9 Å². The van der Waals surface area contributed by atoms with E-state index < -0.39 is 17.8 Å². The molecule has 178 valence electrons. The maximum absolute atomic E-state index is 13.8. The Balaban J connectivity index is 2.25. The van der Waals surface area contributed by atoms with Gasteiger partial charge in [-0.15, -0.1) is 0 Å². The van der Waals surface area contributed by atoms with Crippen LogP contribution < -0.4 is 5.73 Å². The standard InChI is InChI=1S/C28H24ClFN2O3/c1-2-23(24-10-9-22(30)16-25(24)29)28(19-6-3-18(4-7-19)5-12-27(34)35)20-8-11-26(31)21(15-20)17-32-13-14-33/h3-7,9-10,12,15-16,26,33H,2,13-14,31H2,1H3,(H,34,35)/b12-5+,28-23+. The van der Waals surface area contributed by atoms with E-state index in [1.165, 1.54) is 18.2 Å². The Morgan fingerprint density at radius 2 is 2.03 bits per heavy atom. The van der Waals surface area contributed by atoms with Crippen molar-refractivity contribution in [1.82, 2.24) is 0 Å². The quantitative estimate of drug-likeness (QED) is 0.215. The highest BCUT2D eigenvalue weighted by atomic mass is 35.5. The van der Waals surface area contributed by atoms with Crippen molar-refractivity contribution in [3.8, 4) is 11.8 Å². The van der Waals surface area contributed by atoms with Crippen LogP contribution in [0.2, 0.25) is 5.02 Å². The Morgan fingerprint density at radius 3 is 2.66 bits per heavy atom. The number of nitrogens with zero attached hydrogens (tertiary/aromatic N) is 1. The van der Waals surface area contributed by atoms with Crippen LogP contribution in [0.25, 0.3) is 17.2 Å². The number of allylic oxidation sites excluding steroid dienone is 3. The molecule has 0 bridgehead atoms. The molecule has 1 atom stereocenters. The van der Waals surface area contributed by atoms with Crippen molar-refractivity contribution in [2.45, 2.75) is 19.4 Å². The molecular formula is C28H24ClFN2O3. The van der Waals surface area contributed by atoms with E-state index in [1.807, 2.05) is 25.1 Å². The minimum atomic E-state index is -1.03. The molecule has 0 saturated carbocycles. The highest BCUT2D eigenvalue weighted by Crippen LogP contribution is 2.38. The minimum Gasteiger partial charge on any atom is -0.478 e. The Hall–Kier alpha value is -3.72. The normalized spacial score (nSPS) is 15.6. The fourth-order valence-electron chi connectivity index (χ4n) is 3.61. The number of nitrogens with two attached hydrogens (primary N) is 1. The first-order chi connectivity index (χ1) is 16.8. The summed E-state index contributed by atoms with van der Waals surface area (Å²) in [5, 5.41) is 18.2. The lowest BCUT2D eigenvalue weighted by Gasteiger charge is -2.19. The van der Waals surface area contributed by atoms with Crippen molar-refractivity contribution in [2.75, 3.05) is 13.2 Å². The number of carboxylic acid groups (broad SMARTS) is 1. The van der Waals surface area contributed by atoms with E-state index in [0.29, 0.717) is 23.1 Å². The van der Waals surface area contributed by atoms with Crippen molar-refractivity contribution in [2.24, 2.45) is 10.7 Å². The van der Waals surface area contributed by atoms with Gasteiger partial charge in [0.05, 0.1) is 18.2 Å². The van der Waals surface area contributed by atoms with Crippen molar-refractivity contribution < 1.29 is 19.4 Å². The molecule has 0 saturated heterocycles. The fraction of sp³-hybridized carbons (Fsp3) is 0.179. The van der Waals surface area contributed by atoms with Gasteiger partial charge in [0.15, 0.2) is 0 Å². The molecule has 0 aromatic heterocycles. The van der Waals surface area contributed by atoms with Gasteiger partial charge in [-0.3, -0.25) is 0 Å². The SMILES string of the molecule is CC/C(=C(\C1=CC(=C=NCCO)C(N)C#C1)c1ccc(/C=C/C(=O)O)cc1)c1ccc(F)cc1Cl. The monoisotopic (exact) mass is 490 g/mol. The second kappa shape index (κ2) is 12.1. The van der Waals surface area contributed by atoms with Crippen molar-refractivity contribution in [3.05, 3.63) is 93.3 Å². The highest BCUT2D eigenvalue weighted by molar-refractivity contribution is 6.32. The summed E-state index contributed by atoms with van der Waals surface area (Å²) in [4.78, 5) is 14.9. The Kier molecular flexibility index (Phi) is 8.97. The number of hydrogen-bond donors (Lipinski definition) is 3. The number of benzene rings is 2. The van der Waals surface area contributed by atoms with Crippen molar-refractivity contribution in [1.29, 1.82) is 0 Å². The van der Waals surface area contributed by atoms with Gasteiger partial charge in [0.25, 0.3) is 0 Å². The number of aliphatic hydroxyl groups excluding tert-OH is 1. The average molecular weight is 491 g/mol. The Morgan fingerprint density at radius 1 is 1.29 bits per heavy atom. The van der Waals surface area contributed by atoms with Gasteiger partial charge in [-0.25, -0.2) is 14.2 Å². The zero-order valence-corrected chi connectivity index (χ0v) is 19.8. The number of hydrogen-bond acceptors (Lipinski definition) is 4. The van der Waals surface area contributed by atoms with Gasteiger partial charge in [0.2, 0.25) is 0 Å². The molecule has 1 aliphatic carbocycles. The first-order valence-corrected chi connectivity index (χ1v) is 11.3. The number of aliphatic hydroxyl groups is 1. The fourth-order valence-corrected chi connectivity index (χ4v) is 3.89. The van der Waals surface area contributed by atoms with Crippen molar-refractivity contribution in [3.63, 3.8) is 0 Å². The van der Waals surface area contributed by atoms with E-state index in [-0.39, 0.29) is 18.2 Å². The van der Waals surface area contributed by atoms with Crippen molar-refractivity contribution >= 4 is 40.7 Å². The van der Waals surface area contributed by atoms with Crippen LogP contribution >= 0.6 is 11.6 Å². The van der Waals surface area contributed by atoms with E-state index in [0.717, 1.165) is 28.3 Å². The third-order valence-electron chi connectivity index (χ3n) is 5.22. The van der Waals surface area contributed by atoms with Gasteiger partial charge in [0, 0.05) is 22.8 Å². The summed E-state index contributed by atoms with van der Waals surface area (Å²) in [7, 11) is 0. The molecule has 7 heteroatoms. The van der Waals surface area contributed by atoms with Crippen LogP contribution in [0.1, 0.15) is 30.0 Å². The third-order valence-corrected chi connectivity index (χ3v) is 5.53. The summed E-state index contributed by atoms with van der Waals surface area (Å²) in [6, 6.07) is 11.0. The van der Waals surface area contributed by atoms with Crippen LogP contribution in [-0.4, -0.2) is 41.2 Å². The van der Waals surface area contributed by atoms with E-state index in [9.17, 15) is 9.18 Å². The molecule has 3 rings (SSSR count). The topological polar surface area (TPSA) is 95.9 Å². The van der Waals surface area contributed by atoms with E-state index in [1.54, 1.807) is 18.2 Å². The third kappa shape index (κ3) is 6.66. The summed E-state index contributed by atoms with van der Waals surface area (Å²) in [5.41, 5.74) is 11.2. The predicted octanol–water partition coefficient (Wildman–Crippen LogP) is 4.76. The van der Waals surface area contributed by atoms with E-state index >= 15 is 0 Å². The lowest BCUT2D eigenvalue weighted by molar-refractivity contribution is -0.131. The molecule has 0 aliphatic heterocycles. The smallest absolute Gasteiger partial charge is 0.328 e. The Bertz CT molecular complexity index is 1340. The summed E-state index contributed by atoms with van der Waals surface area (Å²) < 4.78 is 13.8. The second-order valence-electron chi connectivity index (χ2n) is 7.60. The number of carboxylic acids is 1. The second-order valence-corrected chi connectivity index (χ2v) is 8.01. The number of carbonyl (C=O) groups is 1. The van der Waals surface area contributed by atoms with Crippen LogP contribution in [0.3, 0.4) is 0 Å². The first kappa shape index (κ1) is 25.9. The van der Waals surface area contributed by atoms with Crippen LogP contribution in [0, 0.1) is 17.7 Å². The Labute approximate surface area is 208 Å². The molecule has 4 N–H and O–H groups in total. The number of rotatable bonds is 8. The molecule has 0 fully saturated rings. The van der Waals surface area contributed by atoms with E-state index in [4.69, 9.17) is 27.5 Å². The lowest BCUT2D eigenvalue weighted by atomic mass is 9.85. The molecule has 2 aromatic rings. The van der Waals surface area contributed by atoms with Gasteiger partial charge in [-0.1, -0.05) is 60.7 Å². The lowest BCUT2D eigenvalue weighted by Crippen LogP contribution is -2.22. The summed E-state index contributed by atoms with van der Waals surface area (Å²) >= 11 is 6.44. The molecule has 0 radical (unpaired) electrons. The zero-order chi connectivity index (χ0) is 25.4. The minimum absolute atomic E-state index is 0.103. The number of aliphatic carboxylic acids is 1. The molecule has 1 unspecified atom stereocenters. The van der Waals surface area contributed by atoms with Crippen LogP contribution in [0.15, 0.2) is 70.8 Å². The summed E-state index contributed by atoms with van der Waals surface area (Å²) in [6.45, 7) is 2.07. The number of aliphatic imine (C=N–C) groups is 1. The number of halogens is 2. The summed E-state index contributed by atoms with van der Waals surface area (Å²) in [6.07, 6.45) is 4.96. The summed E-state index contributed by atoms with van der Waals surface area (Å²) in [5.74, 6) is 7.53. The maximum Gasteiger partial charge on any atom is 0.328 e. The molecular weight excluding hydrogens is 467 g/mol. The van der Waals surface area contributed by atoms with E-state index in [2.05, 4.69) is 22.7 Å².